The van der Waals surface area contributed by atoms with Crippen molar-refractivity contribution in [2.24, 2.45) is 5.73 Å². The van der Waals surface area contributed by atoms with Gasteiger partial charge in [-0.05, 0) is 32.9 Å². The minimum Gasteiger partial charge on any atom is -0.480 e. The lowest BCUT2D eigenvalue weighted by molar-refractivity contribution is -0.138. The molecule has 15 heavy (non-hydrogen) atoms. The smallest absolute Gasteiger partial charge is 0.320 e. The van der Waals surface area contributed by atoms with Crippen LogP contribution in [-0.2, 0) is 9.53 Å². The number of carbonyl (C=O) groups is 1. The van der Waals surface area contributed by atoms with Gasteiger partial charge in [-0.3, -0.25) is 4.79 Å². The molecule has 0 amide bonds. The predicted octanol–water partition coefficient (Wildman–Crippen LogP) is -0.101. The summed E-state index contributed by atoms with van der Waals surface area (Å²) in [5, 5.41) is 8.61. The van der Waals surface area contributed by atoms with Crippen molar-refractivity contribution in [2.45, 2.75) is 31.4 Å². The van der Waals surface area contributed by atoms with E-state index in [1.165, 1.54) is 0 Å². The summed E-state index contributed by atoms with van der Waals surface area (Å²) in [6, 6.07) is -0.753. The fraction of sp³-hybridized carbons (Fsp3) is 0.900. The van der Waals surface area contributed by atoms with E-state index >= 15 is 0 Å². The average Bonchev–Trinajstić information content (AvgIpc) is 2.66. The van der Waals surface area contributed by atoms with Crippen LogP contribution in [0.2, 0.25) is 0 Å². The van der Waals surface area contributed by atoms with Crippen molar-refractivity contribution in [1.29, 1.82) is 0 Å². The van der Waals surface area contributed by atoms with E-state index in [9.17, 15) is 4.79 Å². The molecule has 1 rings (SSSR count). The lowest BCUT2D eigenvalue weighted by Gasteiger charge is -2.21. The lowest BCUT2D eigenvalue weighted by Crippen LogP contribution is -2.36. The Morgan fingerprint density at radius 1 is 1.73 bits per heavy atom. The number of aliphatic carboxylic acids is 1. The van der Waals surface area contributed by atoms with E-state index in [2.05, 4.69) is 4.90 Å². The van der Waals surface area contributed by atoms with Crippen molar-refractivity contribution in [3.63, 3.8) is 0 Å². The molecule has 0 spiro atoms. The third kappa shape index (κ3) is 4.59. The van der Waals surface area contributed by atoms with E-state index in [4.69, 9.17) is 15.6 Å². The van der Waals surface area contributed by atoms with Gasteiger partial charge in [0.25, 0.3) is 0 Å². The van der Waals surface area contributed by atoms with E-state index in [-0.39, 0.29) is 0 Å². The Balaban J connectivity index is 2.12. The van der Waals surface area contributed by atoms with Gasteiger partial charge in [0, 0.05) is 13.2 Å². The van der Waals surface area contributed by atoms with Gasteiger partial charge < -0.3 is 20.5 Å². The maximum absolute atomic E-state index is 10.5. The van der Waals surface area contributed by atoms with Crippen LogP contribution < -0.4 is 5.73 Å². The minimum atomic E-state index is -0.930. The second-order valence-electron chi connectivity index (χ2n) is 4.13. The Kier molecular flexibility index (Phi) is 5.01. The number of nitrogens with two attached hydrogens (primary N) is 1. The molecule has 1 fully saturated rings. The molecule has 0 bridgehead atoms. The van der Waals surface area contributed by atoms with E-state index in [0.29, 0.717) is 19.1 Å². The van der Waals surface area contributed by atoms with Gasteiger partial charge in [-0.2, -0.15) is 0 Å². The van der Waals surface area contributed by atoms with Gasteiger partial charge in [0.2, 0.25) is 0 Å². The van der Waals surface area contributed by atoms with Crippen LogP contribution in [0, 0.1) is 0 Å². The van der Waals surface area contributed by atoms with Gasteiger partial charge in [0.05, 0.1) is 6.10 Å². The fourth-order valence-corrected chi connectivity index (χ4v) is 1.71. The van der Waals surface area contributed by atoms with E-state index < -0.39 is 12.0 Å². The SMILES string of the molecule is CN(CCC(N)C(=O)O)CC1CCCO1. The number of rotatable bonds is 6. The van der Waals surface area contributed by atoms with Crippen LogP contribution in [0.5, 0.6) is 0 Å². The summed E-state index contributed by atoms with van der Waals surface area (Å²) in [5.74, 6) is -0.930. The maximum atomic E-state index is 10.5. The van der Waals surface area contributed by atoms with Crippen molar-refractivity contribution < 1.29 is 14.6 Å². The first kappa shape index (κ1) is 12.4. The Hall–Kier alpha value is -0.650. The topological polar surface area (TPSA) is 75.8 Å². The van der Waals surface area contributed by atoms with Crippen molar-refractivity contribution in [1.82, 2.24) is 4.90 Å². The molecule has 5 nitrogen and oxygen atoms in total. The second-order valence-corrected chi connectivity index (χ2v) is 4.13. The second kappa shape index (κ2) is 6.05. The van der Waals surface area contributed by atoms with Crippen LogP contribution in [0.4, 0.5) is 0 Å². The van der Waals surface area contributed by atoms with Gasteiger partial charge in [-0.1, -0.05) is 0 Å². The maximum Gasteiger partial charge on any atom is 0.320 e. The first-order valence-corrected chi connectivity index (χ1v) is 5.38. The summed E-state index contributed by atoms with van der Waals surface area (Å²) in [7, 11) is 1.97. The molecule has 1 saturated heterocycles. The van der Waals surface area contributed by atoms with Gasteiger partial charge in [-0.25, -0.2) is 0 Å². The Bertz CT molecular complexity index is 205. The molecule has 0 aromatic rings. The van der Waals surface area contributed by atoms with Crippen LogP contribution in [0.1, 0.15) is 19.3 Å². The standard InChI is InChI=1S/C10H20N2O3/c1-12(5-4-9(11)10(13)14)7-8-3-2-6-15-8/h8-9H,2-7,11H2,1H3,(H,13,14). The molecule has 88 valence electrons. The highest BCUT2D eigenvalue weighted by Crippen LogP contribution is 2.12. The highest BCUT2D eigenvalue weighted by molar-refractivity contribution is 5.72. The highest BCUT2D eigenvalue weighted by Gasteiger charge is 2.18. The monoisotopic (exact) mass is 216 g/mol. The molecule has 0 radical (unpaired) electrons. The third-order valence-corrected chi connectivity index (χ3v) is 2.68. The first-order chi connectivity index (χ1) is 7.09. The van der Waals surface area contributed by atoms with Crippen molar-refractivity contribution in [2.75, 3.05) is 26.7 Å². The van der Waals surface area contributed by atoms with Gasteiger partial charge in [-0.15, -0.1) is 0 Å². The Morgan fingerprint density at radius 3 is 3.00 bits per heavy atom. The fourth-order valence-electron chi connectivity index (χ4n) is 1.71. The molecule has 1 heterocycles. The summed E-state index contributed by atoms with van der Waals surface area (Å²) < 4.78 is 5.49. The molecule has 2 unspecified atom stereocenters. The van der Waals surface area contributed by atoms with Crippen LogP contribution in [0.15, 0.2) is 0 Å². The quantitative estimate of drug-likeness (QED) is 0.648. The molecule has 1 aliphatic rings. The molecule has 0 aliphatic carbocycles. The molecular weight excluding hydrogens is 196 g/mol. The lowest BCUT2D eigenvalue weighted by atomic mass is 10.2. The van der Waals surface area contributed by atoms with E-state index in [1.807, 2.05) is 7.05 Å². The molecule has 0 aromatic heterocycles. The van der Waals surface area contributed by atoms with Gasteiger partial charge in [0.1, 0.15) is 6.04 Å². The number of hydrogen-bond donors (Lipinski definition) is 2. The number of ether oxygens (including phenoxy) is 1. The van der Waals surface area contributed by atoms with Crippen LogP contribution in [-0.4, -0.2) is 54.9 Å². The molecule has 5 heteroatoms. The van der Waals surface area contributed by atoms with Gasteiger partial charge in [0.15, 0.2) is 0 Å². The molecule has 0 saturated carbocycles. The summed E-state index contributed by atoms with van der Waals surface area (Å²) in [6.45, 7) is 2.42. The van der Waals surface area contributed by atoms with E-state index in [0.717, 1.165) is 26.0 Å². The van der Waals surface area contributed by atoms with Gasteiger partial charge >= 0.3 is 5.97 Å². The number of carboxylic acids is 1. The number of likely N-dealkylation sites (N-methyl/N-ethyl adjacent to an activating group) is 1. The number of hydrogen-bond acceptors (Lipinski definition) is 4. The zero-order valence-corrected chi connectivity index (χ0v) is 9.19. The number of nitrogens with zero attached hydrogens (tertiary/aromatic N) is 1. The summed E-state index contributed by atoms with van der Waals surface area (Å²) in [6.07, 6.45) is 3.04. The molecule has 1 aliphatic heterocycles. The average molecular weight is 216 g/mol. The molecule has 0 aromatic carbocycles. The first-order valence-electron chi connectivity index (χ1n) is 5.38. The largest absolute Gasteiger partial charge is 0.480 e. The summed E-state index contributed by atoms with van der Waals surface area (Å²) in [5.41, 5.74) is 5.42. The molecular formula is C10H20N2O3. The molecule has 2 atom stereocenters. The van der Waals surface area contributed by atoms with Crippen molar-refractivity contribution >= 4 is 5.97 Å². The van der Waals surface area contributed by atoms with Crippen LogP contribution in [0.3, 0.4) is 0 Å². The predicted molar refractivity (Wildman–Crippen MR) is 56.7 cm³/mol. The normalized spacial score (nSPS) is 23.3. The minimum absolute atomic E-state index is 0.316. The van der Waals surface area contributed by atoms with Crippen LogP contribution in [0.25, 0.3) is 0 Å². The van der Waals surface area contributed by atoms with Crippen LogP contribution >= 0.6 is 0 Å². The highest BCUT2D eigenvalue weighted by atomic mass is 16.5. The Morgan fingerprint density at radius 2 is 2.47 bits per heavy atom. The zero-order chi connectivity index (χ0) is 11.3. The Labute approximate surface area is 90.2 Å². The van der Waals surface area contributed by atoms with Crippen molar-refractivity contribution in [3.05, 3.63) is 0 Å². The summed E-state index contributed by atoms with van der Waals surface area (Å²) >= 11 is 0. The van der Waals surface area contributed by atoms with Crippen molar-refractivity contribution in [3.8, 4) is 0 Å². The summed E-state index contributed by atoms with van der Waals surface area (Å²) in [4.78, 5) is 12.6. The molecule has 3 N–H and O–H groups in total. The zero-order valence-electron chi connectivity index (χ0n) is 9.19. The number of carboxylic acid groups (broad SMARTS) is 1. The van der Waals surface area contributed by atoms with E-state index in [1.54, 1.807) is 0 Å². The third-order valence-electron chi connectivity index (χ3n) is 2.68.